The van der Waals surface area contributed by atoms with Gasteiger partial charge in [0.15, 0.2) is 0 Å². The average Bonchev–Trinajstić information content (AvgIpc) is 3.11. The summed E-state index contributed by atoms with van der Waals surface area (Å²) in [5.74, 6) is 0. The van der Waals surface area contributed by atoms with Crippen molar-refractivity contribution in [2.45, 2.75) is 31.7 Å². The highest BCUT2D eigenvalue weighted by Gasteiger charge is 2.39. The van der Waals surface area contributed by atoms with Crippen LogP contribution in [-0.2, 0) is 10.2 Å². The van der Waals surface area contributed by atoms with Crippen molar-refractivity contribution in [2.75, 3.05) is 19.6 Å². The Morgan fingerprint density at radius 1 is 1.00 bits per heavy atom. The van der Waals surface area contributed by atoms with Crippen LogP contribution in [0.1, 0.15) is 37.3 Å². The van der Waals surface area contributed by atoms with E-state index in [9.17, 15) is 8.42 Å². The van der Waals surface area contributed by atoms with Gasteiger partial charge in [0.25, 0.3) is 10.2 Å². The molecule has 2 aliphatic rings. The molecule has 2 fully saturated rings. The topological polar surface area (TPSA) is 40.6 Å². The molecule has 0 N–H and O–H groups in total. The van der Waals surface area contributed by atoms with Crippen molar-refractivity contribution in [2.24, 2.45) is 0 Å². The Balaban J connectivity index is 1.86. The minimum atomic E-state index is -3.31. The van der Waals surface area contributed by atoms with Gasteiger partial charge in [-0.05, 0) is 43.4 Å². The van der Waals surface area contributed by atoms with E-state index < -0.39 is 10.2 Å². The lowest BCUT2D eigenvalue weighted by atomic mass is 10.1. The van der Waals surface area contributed by atoms with E-state index >= 15 is 0 Å². The largest absolute Gasteiger partial charge is 0.282 e. The molecule has 3 rings (SSSR count). The van der Waals surface area contributed by atoms with Crippen molar-refractivity contribution in [1.82, 2.24) is 8.61 Å². The van der Waals surface area contributed by atoms with Gasteiger partial charge in [-0.2, -0.15) is 17.0 Å². The molecule has 0 spiro atoms. The Morgan fingerprint density at radius 3 is 2.30 bits per heavy atom. The van der Waals surface area contributed by atoms with Gasteiger partial charge in [-0.15, -0.1) is 0 Å². The van der Waals surface area contributed by atoms with Gasteiger partial charge in [-0.1, -0.05) is 23.7 Å². The first-order valence-electron chi connectivity index (χ1n) is 7.11. The van der Waals surface area contributed by atoms with Crippen LogP contribution in [0.3, 0.4) is 0 Å². The van der Waals surface area contributed by atoms with Gasteiger partial charge in [-0.3, -0.25) is 0 Å². The van der Waals surface area contributed by atoms with Crippen molar-refractivity contribution in [3.8, 4) is 0 Å². The number of rotatable bonds is 3. The molecule has 2 saturated heterocycles. The third kappa shape index (κ3) is 2.60. The number of nitrogens with zero attached hydrogens (tertiary/aromatic N) is 2. The average molecular weight is 315 g/mol. The molecule has 0 saturated carbocycles. The van der Waals surface area contributed by atoms with Gasteiger partial charge in [-0.25, -0.2) is 0 Å². The summed E-state index contributed by atoms with van der Waals surface area (Å²) >= 11 is 5.91. The fourth-order valence-electron chi connectivity index (χ4n) is 3.10. The molecule has 6 heteroatoms. The maximum atomic E-state index is 12.7. The van der Waals surface area contributed by atoms with Crippen LogP contribution in [0.25, 0.3) is 0 Å². The zero-order valence-corrected chi connectivity index (χ0v) is 12.9. The van der Waals surface area contributed by atoms with Crippen molar-refractivity contribution in [1.29, 1.82) is 0 Å². The Morgan fingerprint density at radius 2 is 1.65 bits per heavy atom. The van der Waals surface area contributed by atoms with Crippen molar-refractivity contribution < 1.29 is 8.42 Å². The van der Waals surface area contributed by atoms with Crippen molar-refractivity contribution in [3.63, 3.8) is 0 Å². The Hall–Kier alpha value is -0.620. The molecule has 2 aliphatic heterocycles. The fourth-order valence-corrected chi connectivity index (χ4v) is 5.15. The minimum absolute atomic E-state index is 0.0436. The van der Waals surface area contributed by atoms with Crippen molar-refractivity contribution in [3.05, 3.63) is 34.9 Å². The van der Waals surface area contributed by atoms with Gasteiger partial charge in [0.05, 0.1) is 6.04 Å². The minimum Gasteiger partial charge on any atom is -0.195 e. The summed E-state index contributed by atoms with van der Waals surface area (Å²) < 4.78 is 28.7. The molecule has 1 atom stereocenters. The molecule has 0 aromatic heterocycles. The summed E-state index contributed by atoms with van der Waals surface area (Å²) in [5, 5.41) is 0.681. The van der Waals surface area contributed by atoms with E-state index in [2.05, 4.69) is 0 Å². The second-order valence-corrected chi connectivity index (χ2v) is 7.75. The smallest absolute Gasteiger partial charge is 0.195 e. The molecule has 0 amide bonds. The molecule has 2 heterocycles. The lowest BCUT2D eigenvalue weighted by Crippen LogP contribution is -2.42. The Kier molecular flexibility index (Phi) is 4.04. The molecule has 0 bridgehead atoms. The van der Waals surface area contributed by atoms with E-state index in [-0.39, 0.29) is 6.04 Å². The second-order valence-electron chi connectivity index (χ2n) is 5.43. The SMILES string of the molecule is O=S(=O)(N1CCCC1)N1CCC[C@H]1c1ccc(Cl)cc1. The van der Waals surface area contributed by atoms with Gasteiger partial charge in [0, 0.05) is 24.7 Å². The first-order chi connectivity index (χ1) is 9.59. The lowest BCUT2D eigenvalue weighted by molar-refractivity contribution is 0.349. The number of benzene rings is 1. The Labute approximate surface area is 125 Å². The summed E-state index contributed by atoms with van der Waals surface area (Å²) in [4.78, 5) is 0. The molecule has 4 nitrogen and oxygen atoms in total. The van der Waals surface area contributed by atoms with Gasteiger partial charge >= 0.3 is 0 Å². The van der Waals surface area contributed by atoms with Crippen LogP contribution in [0.15, 0.2) is 24.3 Å². The third-order valence-corrected chi connectivity index (χ3v) is 6.45. The van der Waals surface area contributed by atoms with E-state index in [0.29, 0.717) is 24.7 Å². The molecule has 20 heavy (non-hydrogen) atoms. The van der Waals surface area contributed by atoms with Crippen LogP contribution in [0, 0.1) is 0 Å². The van der Waals surface area contributed by atoms with Crippen molar-refractivity contribution >= 4 is 21.8 Å². The standard InChI is InChI=1S/C14H19ClN2O2S/c15-13-7-5-12(6-8-13)14-4-3-11-17(14)20(18,19)16-9-1-2-10-16/h5-8,14H,1-4,9-11H2/t14-/m0/s1. The second kappa shape index (κ2) is 5.64. The maximum Gasteiger partial charge on any atom is 0.282 e. The fraction of sp³-hybridized carbons (Fsp3) is 0.571. The predicted octanol–water partition coefficient (Wildman–Crippen LogP) is 2.82. The van der Waals surface area contributed by atoms with Crippen LogP contribution in [-0.4, -0.2) is 36.7 Å². The number of hydrogen-bond acceptors (Lipinski definition) is 2. The highest BCUT2D eigenvalue weighted by Crippen LogP contribution is 2.36. The molecule has 1 aromatic rings. The lowest BCUT2D eigenvalue weighted by Gasteiger charge is -2.28. The number of halogens is 1. The molecule has 110 valence electrons. The summed E-state index contributed by atoms with van der Waals surface area (Å²) in [5.41, 5.74) is 1.04. The van der Waals surface area contributed by atoms with E-state index in [0.717, 1.165) is 31.2 Å². The highest BCUT2D eigenvalue weighted by molar-refractivity contribution is 7.86. The van der Waals surface area contributed by atoms with E-state index in [4.69, 9.17) is 11.6 Å². The van der Waals surface area contributed by atoms with Gasteiger partial charge < -0.3 is 0 Å². The summed E-state index contributed by atoms with van der Waals surface area (Å²) in [6.45, 7) is 1.93. The van der Waals surface area contributed by atoms with E-state index in [1.54, 1.807) is 8.61 Å². The monoisotopic (exact) mass is 314 g/mol. The quantitative estimate of drug-likeness (QED) is 0.861. The van der Waals surface area contributed by atoms with Crippen LogP contribution < -0.4 is 0 Å². The zero-order chi connectivity index (χ0) is 14.2. The van der Waals surface area contributed by atoms with Crippen LogP contribution in [0.2, 0.25) is 5.02 Å². The molecule has 0 radical (unpaired) electrons. The van der Waals surface area contributed by atoms with Gasteiger partial charge in [0.1, 0.15) is 0 Å². The third-order valence-electron chi connectivity index (χ3n) is 4.15. The summed E-state index contributed by atoms with van der Waals surface area (Å²) in [6.07, 6.45) is 3.74. The first-order valence-corrected chi connectivity index (χ1v) is 8.89. The highest BCUT2D eigenvalue weighted by atomic mass is 35.5. The maximum absolute atomic E-state index is 12.7. The molecule has 0 aliphatic carbocycles. The van der Waals surface area contributed by atoms with Crippen LogP contribution >= 0.6 is 11.6 Å². The van der Waals surface area contributed by atoms with E-state index in [1.807, 2.05) is 24.3 Å². The molecule has 1 aromatic carbocycles. The molecular weight excluding hydrogens is 296 g/mol. The Bertz CT molecular complexity index is 567. The zero-order valence-electron chi connectivity index (χ0n) is 11.3. The normalized spacial score (nSPS) is 25.4. The molecular formula is C14H19ClN2O2S. The van der Waals surface area contributed by atoms with Gasteiger partial charge in [0.2, 0.25) is 0 Å². The summed E-state index contributed by atoms with van der Waals surface area (Å²) in [7, 11) is -3.31. The predicted molar refractivity (Wildman–Crippen MR) is 79.9 cm³/mol. The van der Waals surface area contributed by atoms with Crippen LogP contribution in [0.5, 0.6) is 0 Å². The van der Waals surface area contributed by atoms with Crippen LogP contribution in [0.4, 0.5) is 0 Å². The molecule has 0 unspecified atom stereocenters. The van der Waals surface area contributed by atoms with E-state index in [1.165, 1.54) is 0 Å². The first kappa shape index (κ1) is 14.3. The number of hydrogen-bond donors (Lipinski definition) is 0. The summed E-state index contributed by atoms with van der Waals surface area (Å²) in [6, 6.07) is 7.49.